The summed E-state index contributed by atoms with van der Waals surface area (Å²) < 4.78 is 6.13. The fourth-order valence-corrected chi connectivity index (χ4v) is 2.10. The SMILES string of the molecule is COc1ccn(O)c(=NCCN(C(C)C)C(C)C)c1. The zero-order valence-electron chi connectivity index (χ0n) is 12.5. The normalized spacial score (nSPS) is 12.7. The largest absolute Gasteiger partial charge is 0.497 e. The summed E-state index contributed by atoms with van der Waals surface area (Å²) in [4.78, 5) is 6.78. The average Bonchev–Trinajstić information content (AvgIpc) is 2.35. The zero-order chi connectivity index (χ0) is 14.4. The van der Waals surface area contributed by atoms with Gasteiger partial charge in [0.1, 0.15) is 5.75 Å². The minimum absolute atomic E-state index is 0.488. The van der Waals surface area contributed by atoms with Crippen LogP contribution in [0.25, 0.3) is 0 Å². The maximum atomic E-state index is 9.67. The molecule has 108 valence electrons. The van der Waals surface area contributed by atoms with Crippen molar-refractivity contribution in [1.82, 2.24) is 9.63 Å². The Balaban J connectivity index is 2.76. The molecule has 0 unspecified atom stereocenters. The molecule has 1 rings (SSSR count). The lowest BCUT2D eigenvalue weighted by Gasteiger charge is -2.29. The molecule has 5 nitrogen and oxygen atoms in total. The summed E-state index contributed by atoms with van der Waals surface area (Å²) in [5.41, 5.74) is 0.506. The molecule has 1 heterocycles. The third-order valence-electron chi connectivity index (χ3n) is 3.08. The van der Waals surface area contributed by atoms with Gasteiger partial charge in [0.25, 0.3) is 0 Å². The van der Waals surface area contributed by atoms with E-state index in [1.165, 1.54) is 6.20 Å². The van der Waals surface area contributed by atoms with Crippen molar-refractivity contribution in [1.29, 1.82) is 0 Å². The van der Waals surface area contributed by atoms with Crippen LogP contribution in [0, 0.1) is 0 Å². The Hall–Kier alpha value is -1.49. The van der Waals surface area contributed by atoms with E-state index in [0.717, 1.165) is 11.3 Å². The molecule has 19 heavy (non-hydrogen) atoms. The first-order valence-corrected chi connectivity index (χ1v) is 6.68. The number of methoxy groups -OCH3 is 1. The van der Waals surface area contributed by atoms with Gasteiger partial charge in [-0.25, -0.2) is 0 Å². The van der Waals surface area contributed by atoms with Gasteiger partial charge in [-0.15, -0.1) is 0 Å². The van der Waals surface area contributed by atoms with Crippen molar-refractivity contribution in [3.05, 3.63) is 23.8 Å². The second-order valence-electron chi connectivity index (χ2n) is 5.08. The zero-order valence-corrected chi connectivity index (χ0v) is 12.5. The Morgan fingerprint density at radius 3 is 2.47 bits per heavy atom. The summed E-state index contributed by atoms with van der Waals surface area (Å²) in [5, 5.41) is 9.67. The third kappa shape index (κ3) is 4.59. The van der Waals surface area contributed by atoms with Crippen LogP contribution in [0.5, 0.6) is 5.75 Å². The van der Waals surface area contributed by atoms with Crippen molar-refractivity contribution >= 4 is 0 Å². The summed E-state index contributed by atoms with van der Waals surface area (Å²) in [6.07, 6.45) is 1.53. The highest BCUT2D eigenvalue weighted by Crippen LogP contribution is 2.04. The average molecular weight is 267 g/mol. The highest BCUT2D eigenvalue weighted by molar-refractivity contribution is 5.16. The first kappa shape index (κ1) is 15.6. The molecule has 0 radical (unpaired) electrons. The van der Waals surface area contributed by atoms with E-state index >= 15 is 0 Å². The van der Waals surface area contributed by atoms with Crippen molar-refractivity contribution < 1.29 is 9.94 Å². The minimum atomic E-state index is 0.488. The van der Waals surface area contributed by atoms with Crippen LogP contribution < -0.4 is 10.2 Å². The van der Waals surface area contributed by atoms with Gasteiger partial charge in [-0.2, -0.15) is 4.73 Å². The van der Waals surface area contributed by atoms with Crippen molar-refractivity contribution in [3.63, 3.8) is 0 Å². The molecule has 1 N–H and O–H groups in total. The van der Waals surface area contributed by atoms with Crippen LogP contribution in [0.4, 0.5) is 0 Å². The van der Waals surface area contributed by atoms with Crippen molar-refractivity contribution in [3.8, 4) is 5.75 Å². The predicted octanol–water partition coefficient (Wildman–Crippen LogP) is 1.75. The maximum absolute atomic E-state index is 9.67. The summed E-state index contributed by atoms with van der Waals surface area (Å²) in [5.74, 6) is 0.689. The second-order valence-corrected chi connectivity index (χ2v) is 5.08. The summed E-state index contributed by atoms with van der Waals surface area (Å²) in [7, 11) is 1.60. The molecule has 0 aliphatic heterocycles. The molecule has 0 aliphatic carbocycles. The summed E-state index contributed by atoms with van der Waals surface area (Å²) in [6.45, 7) is 10.2. The Labute approximate surface area is 115 Å². The van der Waals surface area contributed by atoms with Crippen molar-refractivity contribution in [2.75, 3.05) is 20.2 Å². The number of aromatic nitrogens is 1. The molecule has 1 aromatic rings. The lowest BCUT2D eigenvalue weighted by atomic mass is 10.2. The number of ether oxygens (including phenoxy) is 1. The van der Waals surface area contributed by atoms with E-state index in [4.69, 9.17) is 4.74 Å². The Bertz CT molecular complexity index is 444. The lowest BCUT2D eigenvalue weighted by Crippen LogP contribution is -2.39. The second kappa shape index (κ2) is 7.19. The first-order valence-electron chi connectivity index (χ1n) is 6.68. The van der Waals surface area contributed by atoms with Gasteiger partial charge in [0.2, 0.25) is 0 Å². The maximum Gasteiger partial charge on any atom is 0.167 e. The van der Waals surface area contributed by atoms with Crippen LogP contribution in [0.15, 0.2) is 23.3 Å². The fraction of sp³-hybridized carbons (Fsp3) is 0.643. The van der Waals surface area contributed by atoms with Gasteiger partial charge in [-0.1, -0.05) is 0 Å². The smallest absolute Gasteiger partial charge is 0.167 e. The molecule has 0 aromatic carbocycles. The lowest BCUT2D eigenvalue weighted by molar-refractivity contribution is 0.166. The molecule has 0 saturated carbocycles. The van der Waals surface area contributed by atoms with Crippen LogP contribution in [0.3, 0.4) is 0 Å². The van der Waals surface area contributed by atoms with Gasteiger partial charge in [-0.3, -0.25) is 9.89 Å². The van der Waals surface area contributed by atoms with E-state index < -0.39 is 0 Å². The van der Waals surface area contributed by atoms with E-state index in [0.29, 0.717) is 29.9 Å². The quantitative estimate of drug-likeness (QED) is 0.799. The van der Waals surface area contributed by atoms with E-state index in [2.05, 4.69) is 37.6 Å². The molecule has 0 atom stereocenters. The highest BCUT2D eigenvalue weighted by Gasteiger charge is 2.11. The van der Waals surface area contributed by atoms with Crippen LogP contribution >= 0.6 is 0 Å². The molecule has 5 heteroatoms. The van der Waals surface area contributed by atoms with Crippen molar-refractivity contribution in [2.24, 2.45) is 4.99 Å². The summed E-state index contributed by atoms with van der Waals surface area (Å²) >= 11 is 0. The molecule has 0 saturated heterocycles. The van der Waals surface area contributed by atoms with Gasteiger partial charge in [0.15, 0.2) is 5.49 Å². The Morgan fingerprint density at radius 1 is 1.32 bits per heavy atom. The number of nitrogens with zero attached hydrogens (tertiary/aromatic N) is 3. The molecular weight excluding hydrogens is 242 g/mol. The molecule has 1 aromatic heterocycles. The minimum Gasteiger partial charge on any atom is -0.497 e. The van der Waals surface area contributed by atoms with E-state index in [-0.39, 0.29) is 0 Å². The fourth-order valence-electron chi connectivity index (χ4n) is 2.10. The van der Waals surface area contributed by atoms with E-state index in [1.807, 2.05) is 0 Å². The number of hydrogen-bond acceptors (Lipinski definition) is 4. The van der Waals surface area contributed by atoms with Gasteiger partial charge in [-0.05, 0) is 27.7 Å². The number of hydrogen-bond donors (Lipinski definition) is 1. The third-order valence-corrected chi connectivity index (χ3v) is 3.08. The Morgan fingerprint density at radius 2 is 1.95 bits per heavy atom. The first-order chi connectivity index (χ1) is 8.95. The molecule has 0 fully saturated rings. The summed E-state index contributed by atoms with van der Waals surface area (Å²) in [6, 6.07) is 4.38. The van der Waals surface area contributed by atoms with Gasteiger partial charge >= 0.3 is 0 Å². The molecule has 0 spiro atoms. The van der Waals surface area contributed by atoms with Crippen LogP contribution in [-0.2, 0) is 0 Å². The molecule has 0 aliphatic rings. The molecule has 0 bridgehead atoms. The van der Waals surface area contributed by atoms with Crippen LogP contribution in [0.2, 0.25) is 0 Å². The standard InChI is InChI=1S/C14H25N3O2/c1-11(2)16(12(3)4)9-7-15-14-10-13(19-5)6-8-17(14)18/h6,8,10-12,18H,7,9H2,1-5H3. The van der Waals surface area contributed by atoms with Crippen LogP contribution in [-0.4, -0.2) is 47.1 Å². The van der Waals surface area contributed by atoms with E-state index in [1.54, 1.807) is 19.2 Å². The molecule has 0 amide bonds. The topological polar surface area (TPSA) is 50.0 Å². The monoisotopic (exact) mass is 267 g/mol. The highest BCUT2D eigenvalue weighted by atomic mass is 16.5. The van der Waals surface area contributed by atoms with E-state index in [9.17, 15) is 5.21 Å². The Kier molecular flexibility index (Phi) is 5.89. The number of pyridine rings is 1. The van der Waals surface area contributed by atoms with Gasteiger partial charge < -0.3 is 9.94 Å². The van der Waals surface area contributed by atoms with Gasteiger partial charge in [0.05, 0.1) is 13.7 Å². The van der Waals surface area contributed by atoms with Crippen molar-refractivity contribution in [2.45, 2.75) is 39.8 Å². The van der Waals surface area contributed by atoms with Crippen LogP contribution in [0.1, 0.15) is 27.7 Å². The van der Waals surface area contributed by atoms with Gasteiger partial charge in [0, 0.05) is 37.0 Å². The predicted molar refractivity (Wildman–Crippen MR) is 75.6 cm³/mol. The number of rotatable bonds is 6. The molecular formula is C14H25N3O2.